The number of imidazole rings is 1. The number of nitriles is 1. The van der Waals surface area contributed by atoms with Crippen molar-refractivity contribution in [3.8, 4) is 34.3 Å². The Balaban J connectivity index is 1.30. The van der Waals surface area contributed by atoms with E-state index in [4.69, 9.17) is 15.0 Å². The van der Waals surface area contributed by atoms with Gasteiger partial charge in [-0.15, -0.1) is 0 Å². The van der Waals surface area contributed by atoms with Gasteiger partial charge in [-0.3, -0.25) is 9.55 Å². The van der Waals surface area contributed by atoms with Crippen LogP contribution in [0, 0.1) is 17.1 Å². The third kappa shape index (κ3) is 4.41. The maximum atomic E-state index is 13.9. The van der Waals surface area contributed by atoms with Gasteiger partial charge in [-0.2, -0.15) is 5.26 Å². The van der Waals surface area contributed by atoms with Crippen molar-refractivity contribution in [2.24, 2.45) is 0 Å². The second kappa shape index (κ2) is 9.76. The van der Waals surface area contributed by atoms with Gasteiger partial charge in [-0.1, -0.05) is 30.0 Å². The summed E-state index contributed by atoms with van der Waals surface area (Å²) >= 11 is 1.68. The lowest BCUT2D eigenvalue weighted by Crippen LogP contribution is -2.09. The van der Waals surface area contributed by atoms with E-state index in [1.165, 1.54) is 6.07 Å². The molecule has 0 bridgehead atoms. The van der Waals surface area contributed by atoms with Gasteiger partial charge in [-0.05, 0) is 54.8 Å². The molecule has 2 N–H and O–H groups in total. The lowest BCUT2D eigenvalue weighted by atomic mass is 9.99. The fourth-order valence-corrected chi connectivity index (χ4v) is 5.66. The number of phenolic OH excluding ortho intramolecular Hbond substituents is 1. The van der Waals surface area contributed by atoms with Gasteiger partial charge < -0.3 is 10.4 Å². The molecule has 0 saturated heterocycles. The molecule has 1 aliphatic heterocycles. The third-order valence-electron chi connectivity index (χ3n) is 6.43. The normalized spacial score (nSPS) is 14.4. The summed E-state index contributed by atoms with van der Waals surface area (Å²) in [5.41, 5.74) is 4.86. The number of halogens is 1. The Labute approximate surface area is 222 Å². The van der Waals surface area contributed by atoms with Gasteiger partial charge in [0.25, 0.3) is 0 Å². The number of fused-ring (bicyclic) bond motifs is 3. The highest BCUT2D eigenvalue weighted by molar-refractivity contribution is 7.99. The van der Waals surface area contributed by atoms with Crippen molar-refractivity contribution in [3.05, 3.63) is 77.9 Å². The minimum absolute atomic E-state index is 0.154. The average molecular weight is 524 g/mol. The molecular weight excluding hydrogens is 501 g/mol. The van der Waals surface area contributed by atoms with Crippen LogP contribution >= 0.6 is 11.8 Å². The monoisotopic (exact) mass is 523 g/mol. The number of hydrogen-bond donors (Lipinski definition) is 2. The number of phenols is 1. The molecule has 0 aliphatic carbocycles. The zero-order valence-corrected chi connectivity index (χ0v) is 21.2. The summed E-state index contributed by atoms with van der Waals surface area (Å²) in [4.78, 5) is 18.2. The van der Waals surface area contributed by atoms with Crippen LogP contribution in [-0.4, -0.2) is 41.9 Å². The Bertz CT molecular complexity index is 1730. The minimum atomic E-state index is -0.452. The molecule has 0 fully saturated rings. The number of benzene rings is 2. The Morgan fingerprint density at radius 2 is 2.03 bits per heavy atom. The predicted octanol–water partition coefficient (Wildman–Crippen LogP) is 5.59. The van der Waals surface area contributed by atoms with Gasteiger partial charge in [0.2, 0.25) is 0 Å². The molecule has 188 valence electrons. The molecule has 38 heavy (non-hydrogen) atoms. The molecule has 3 aromatic heterocycles. The molecule has 2 aromatic carbocycles. The Morgan fingerprint density at radius 3 is 2.87 bits per heavy atom. The van der Waals surface area contributed by atoms with Crippen molar-refractivity contribution in [1.82, 2.24) is 24.5 Å². The fourth-order valence-electron chi connectivity index (χ4n) is 4.56. The van der Waals surface area contributed by atoms with Crippen molar-refractivity contribution >= 4 is 28.7 Å². The van der Waals surface area contributed by atoms with Crippen LogP contribution in [0.5, 0.6) is 5.75 Å². The summed E-state index contributed by atoms with van der Waals surface area (Å²) in [7, 11) is 0. The number of nitrogens with one attached hydrogen (secondary N) is 1. The number of anilines is 1. The van der Waals surface area contributed by atoms with Crippen LogP contribution in [0.3, 0.4) is 0 Å². The highest BCUT2D eigenvalue weighted by Crippen LogP contribution is 2.38. The highest BCUT2D eigenvalue weighted by Gasteiger charge is 2.27. The van der Waals surface area contributed by atoms with E-state index in [9.17, 15) is 14.8 Å². The molecule has 5 aromatic rings. The lowest BCUT2D eigenvalue weighted by molar-refractivity contribution is 0.477. The van der Waals surface area contributed by atoms with E-state index >= 15 is 0 Å². The molecule has 10 heteroatoms. The van der Waals surface area contributed by atoms with Crippen molar-refractivity contribution in [3.63, 3.8) is 0 Å². The van der Waals surface area contributed by atoms with Gasteiger partial charge in [0.15, 0.2) is 28.0 Å². The van der Waals surface area contributed by atoms with E-state index in [0.717, 1.165) is 28.2 Å². The Hall–Kier alpha value is -4.49. The van der Waals surface area contributed by atoms with Crippen LogP contribution < -0.4 is 5.32 Å². The minimum Gasteiger partial charge on any atom is -0.507 e. The maximum absolute atomic E-state index is 13.9. The lowest BCUT2D eigenvalue weighted by Gasteiger charge is -2.12. The summed E-state index contributed by atoms with van der Waals surface area (Å²) < 4.78 is 16.0. The van der Waals surface area contributed by atoms with Crippen LogP contribution in [0.1, 0.15) is 24.1 Å². The zero-order chi connectivity index (χ0) is 26.2. The molecule has 1 aliphatic rings. The van der Waals surface area contributed by atoms with Gasteiger partial charge in [0.05, 0.1) is 17.8 Å². The van der Waals surface area contributed by atoms with Gasteiger partial charge in [-0.25, -0.2) is 19.3 Å². The van der Waals surface area contributed by atoms with E-state index in [-0.39, 0.29) is 11.8 Å². The Morgan fingerprint density at radius 1 is 1.13 bits per heavy atom. The third-order valence-corrected chi connectivity index (χ3v) is 7.63. The standard InChI is InChI=1S/C28H22FN7OS/c1-16-15-38-28-33-24-26(34-25(35-27(24)36(16)28)20-11-21(29)14-31-13-20)32-8-7-17-5-6-23(37)22(10-17)19-4-2-3-18(9-19)12-30/h2-6,9-11,13-14,16,37H,7-8,15H2,1H3,(H,32,34,35)/t16-/m1/s1. The maximum Gasteiger partial charge on any atom is 0.170 e. The van der Waals surface area contributed by atoms with Crippen molar-refractivity contribution in [2.45, 2.75) is 24.5 Å². The SMILES string of the molecule is C[C@@H]1CSc2nc3c(NCCc4ccc(O)c(-c5cccc(C#N)c5)c4)nc(-c4cncc(F)c4)nc3n21. The molecule has 0 radical (unpaired) electrons. The molecule has 0 unspecified atom stereocenters. The molecule has 8 nitrogen and oxygen atoms in total. The van der Waals surface area contributed by atoms with Crippen molar-refractivity contribution in [2.75, 3.05) is 17.6 Å². The molecule has 0 amide bonds. The number of pyridine rings is 1. The number of nitrogens with zero attached hydrogens (tertiary/aromatic N) is 6. The molecule has 1 atom stereocenters. The van der Waals surface area contributed by atoms with E-state index in [2.05, 4.69) is 27.9 Å². The number of aromatic nitrogens is 5. The van der Waals surface area contributed by atoms with Gasteiger partial charge in [0.1, 0.15) is 11.6 Å². The summed E-state index contributed by atoms with van der Waals surface area (Å²) in [5, 5.41) is 24.0. The van der Waals surface area contributed by atoms with Crippen LogP contribution in [-0.2, 0) is 6.42 Å². The van der Waals surface area contributed by atoms with E-state index in [1.54, 1.807) is 42.2 Å². The first kappa shape index (κ1) is 23.9. The van der Waals surface area contributed by atoms with Crippen LogP contribution in [0.15, 0.2) is 66.1 Å². The second-order valence-electron chi connectivity index (χ2n) is 9.11. The summed E-state index contributed by atoms with van der Waals surface area (Å²) in [6, 6.07) is 16.4. The number of rotatable bonds is 6. The van der Waals surface area contributed by atoms with Crippen LogP contribution in [0.4, 0.5) is 10.2 Å². The highest BCUT2D eigenvalue weighted by atomic mass is 32.2. The van der Waals surface area contributed by atoms with Crippen molar-refractivity contribution in [1.29, 1.82) is 5.26 Å². The molecule has 0 spiro atoms. The van der Waals surface area contributed by atoms with E-state index in [0.29, 0.717) is 52.5 Å². The van der Waals surface area contributed by atoms with Crippen LogP contribution in [0.2, 0.25) is 0 Å². The first-order valence-corrected chi connectivity index (χ1v) is 13.1. The second-order valence-corrected chi connectivity index (χ2v) is 10.1. The number of hydrogen-bond acceptors (Lipinski definition) is 8. The van der Waals surface area contributed by atoms with Crippen molar-refractivity contribution < 1.29 is 9.50 Å². The summed E-state index contributed by atoms with van der Waals surface area (Å²) in [6.07, 6.45) is 3.35. The van der Waals surface area contributed by atoms with Crippen LogP contribution in [0.25, 0.3) is 33.7 Å². The topological polar surface area (TPSA) is 113 Å². The van der Waals surface area contributed by atoms with E-state index < -0.39 is 5.82 Å². The molecular formula is C28H22FN7OS. The van der Waals surface area contributed by atoms with Gasteiger partial charge in [0, 0.05) is 35.7 Å². The number of thioether (sulfide) groups is 1. The average Bonchev–Trinajstić information content (AvgIpc) is 3.49. The smallest absolute Gasteiger partial charge is 0.170 e. The fraction of sp³-hybridized carbons (Fsp3) is 0.179. The molecule has 6 rings (SSSR count). The van der Waals surface area contributed by atoms with E-state index in [1.807, 2.05) is 18.2 Å². The predicted molar refractivity (Wildman–Crippen MR) is 144 cm³/mol. The summed E-state index contributed by atoms with van der Waals surface area (Å²) in [6.45, 7) is 2.66. The summed E-state index contributed by atoms with van der Waals surface area (Å²) in [5.74, 6) is 1.57. The zero-order valence-electron chi connectivity index (χ0n) is 20.4. The molecule has 0 saturated carbocycles. The van der Waals surface area contributed by atoms with Gasteiger partial charge >= 0.3 is 0 Å². The number of aromatic hydroxyl groups is 1. The first-order valence-electron chi connectivity index (χ1n) is 12.1. The first-order chi connectivity index (χ1) is 18.5. The largest absolute Gasteiger partial charge is 0.507 e. The quantitative estimate of drug-likeness (QED) is 0.296. The molecule has 4 heterocycles. The Kier molecular flexibility index (Phi) is 6.13.